The number of rotatable bonds is 5. The third-order valence-corrected chi connectivity index (χ3v) is 4.27. The molecular formula is C23H24N2O2. The molecule has 0 saturated heterocycles. The third kappa shape index (κ3) is 5.17. The van der Waals surface area contributed by atoms with Gasteiger partial charge in [0.2, 0.25) is 0 Å². The molecule has 3 rings (SSSR count). The molecule has 0 saturated carbocycles. The first-order chi connectivity index (χ1) is 12.9. The van der Waals surface area contributed by atoms with Gasteiger partial charge in [-0.2, -0.15) is 5.10 Å². The summed E-state index contributed by atoms with van der Waals surface area (Å²) in [5.41, 5.74) is 4.73. The van der Waals surface area contributed by atoms with E-state index in [9.17, 15) is 4.79 Å². The summed E-state index contributed by atoms with van der Waals surface area (Å²) < 4.78 is 5.51. The average Bonchev–Trinajstić information content (AvgIpc) is 2.66. The molecule has 0 radical (unpaired) electrons. The number of ether oxygens (including phenoxy) is 1. The maximum Gasteiger partial charge on any atom is 0.277 e. The standard InChI is InChI=1S/C23H24N2O2/c1-23(2,3)20-10-12-21(13-11-20)27-16-22(26)25-24-15-17-8-9-18-6-4-5-7-19(18)14-17/h4-15H,16H2,1-3H3,(H,25,26)/b24-15+. The first-order valence-corrected chi connectivity index (χ1v) is 8.96. The topological polar surface area (TPSA) is 50.7 Å². The summed E-state index contributed by atoms with van der Waals surface area (Å²) in [7, 11) is 0. The summed E-state index contributed by atoms with van der Waals surface area (Å²) in [5.74, 6) is 0.364. The van der Waals surface area contributed by atoms with Gasteiger partial charge in [0.05, 0.1) is 6.21 Å². The van der Waals surface area contributed by atoms with Gasteiger partial charge < -0.3 is 4.74 Å². The van der Waals surface area contributed by atoms with Crippen molar-refractivity contribution in [2.45, 2.75) is 26.2 Å². The van der Waals surface area contributed by atoms with Crippen molar-refractivity contribution in [2.24, 2.45) is 5.10 Å². The lowest BCUT2D eigenvalue weighted by Gasteiger charge is -2.19. The van der Waals surface area contributed by atoms with Gasteiger partial charge in [-0.1, -0.05) is 69.3 Å². The van der Waals surface area contributed by atoms with Crippen LogP contribution in [0.2, 0.25) is 0 Å². The minimum atomic E-state index is -0.299. The second kappa shape index (κ2) is 8.04. The molecule has 0 aliphatic rings. The van der Waals surface area contributed by atoms with Gasteiger partial charge in [0.15, 0.2) is 6.61 Å². The van der Waals surface area contributed by atoms with Gasteiger partial charge in [-0.15, -0.1) is 0 Å². The first-order valence-electron chi connectivity index (χ1n) is 8.96. The summed E-state index contributed by atoms with van der Waals surface area (Å²) in [4.78, 5) is 11.9. The van der Waals surface area contributed by atoms with Crippen LogP contribution < -0.4 is 10.2 Å². The predicted molar refractivity (Wildman–Crippen MR) is 110 cm³/mol. The van der Waals surface area contributed by atoms with E-state index in [4.69, 9.17) is 4.74 Å². The van der Waals surface area contributed by atoms with E-state index in [2.05, 4.69) is 37.4 Å². The van der Waals surface area contributed by atoms with Gasteiger partial charge in [-0.3, -0.25) is 4.79 Å². The van der Waals surface area contributed by atoms with Crippen LogP contribution in [0.5, 0.6) is 5.75 Å². The molecule has 0 bridgehead atoms. The molecule has 1 N–H and O–H groups in total. The van der Waals surface area contributed by atoms with Crippen molar-refractivity contribution in [3.63, 3.8) is 0 Å². The number of benzene rings is 3. The molecule has 0 atom stereocenters. The summed E-state index contributed by atoms with van der Waals surface area (Å²) in [6.07, 6.45) is 1.63. The van der Waals surface area contributed by atoms with Gasteiger partial charge in [-0.25, -0.2) is 5.43 Å². The van der Waals surface area contributed by atoms with E-state index in [1.165, 1.54) is 10.9 Å². The van der Waals surface area contributed by atoms with E-state index in [0.29, 0.717) is 5.75 Å². The molecule has 0 fully saturated rings. The summed E-state index contributed by atoms with van der Waals surface area (Å²) in [6, 6.07) is 21.9. The monoisotopic (exact) mass is 360 g/mol. The average molecular weight is 360 g/mol. The molecule has 0 unspecified atom stereocenters. The van der Waals surface area contributed by atoms with Crippen molar-refractivity contribution in [2.75, 3.05) is 6.61 Å². The lowest BCUT2D eigenvalue weighted by molar-refractivity contribution is -0.123. The van der Waals surface area contributed by atoms with Crippen LogP contribution in [0.3, 0.4) is 0 Å². The highest BCUT2D eigenvalue weighted by Crippen LogP contribution is 2.24. The van der Waals surface area contributed by atoms with Gasteiger partial charge in [0, 0.05) is 0 Å². The molecule has 138 valence electrons. The van der Waals surface area contributed by atoms with E-state index in [-0.39, 0.29) is 17.9 Å². The molecule has 27 heavy (non-hydrogen) atoms. The Morgan fingerprint density at radius 3 is 2.41 bits per heavy atom. The fourth-order valence-electron chi connectivity index (χ4n) is 2.70. The molecule has 0 aliphatic heterocycles. The third-order valence-electron chi connectivity index (χ3n) is 4.27. The van der Waals surface area contributed by atoms with Crippen LogP contribution in [-0.2, 0) is 10.2 Å². The molecule has 0 heterocycles. The Labute approximate surface area is 159 Å². The van der Waals surface area contributed by atoms with Crippen LogP contribution in [0.4, 0.5) is 0 Å². The minimum Gasteiger partial charge on any atom is -0.484 e. The molecular weight excluding hydrogens is 336 g/mol. The summed E-state index contributed by atoms with van der Waals surface area (Å²) in [6.45, 7) is 6.39. The minimum absolute atomic E-state index is 0.0794. The number of nitrogens with one attached hydrogen (secondary N) is 1. The van der Waals surface area contributed by atoms with Crippen LogP contribution in [0.1, 0.15) is 31.9 Å². The summed E-state index contributed by atoms with van der Waals surface area (Å²) in [5, 5.41) is 6.31. The molecule has 4 nitrogen and oxygen atoms in total. The molecule has 0 spiro atoms. The van der Waals surface area contributed by atoms with Crippen molar-refractivity contribution >= 4 is 22.9 Å². The highest BCUT2D eigenvalue weighted by atomic mass is 16.5. The predicted octanol–water partition coefficient (Wildman–Crippen LogP) is 4.67. The van der Waals surface area contributed by atoms with Gasteiger partial charge in [0.25, 0.3) is 5.91 Å². The number of fused-ring (bicyclic) bond motifs is 1. The molecule has 0 aliphatic carbocycles. The van der Waals surface area contributed by atoms with E-state index in [1.54, 1.807) is 6.21 Å². The quantitative estimate of drug-likeness (QED) is 0.531. The second-order valence-corrected chi connectivity index (χ2v) is 7.46. The highest BCUT2D eigenvalue weighted by molar-refractivity contribution is 5.90. The van der Waals surface area contributed by atoms with Crippen LogP contribution in [0, 0.1) is 0 Å². The van der Waals surface area contributed by atoms with Gasteiger partial charge in [-0.05, 0) is 45.5 Å². The number of nitrogens with zero attached hydrogens (tertiary/aromatic N) is 1. The normalized spacial score (nSPS) is 11.7. The van der Waals surface area contributed by atoms with Crippen LogP contribution >= 0.6 is 0 Å². The molecule has 4 heteroatoms. The Bertz CT molecular complexity index is 954. The Hall–Kier alpha value is -3.14. The van der Waals surface area contributed by atoms with Crippen LogP contribution in [0.15, 0.2) is 71.8 Å². The number of carbonyl (C=O) groups excluding carboxylic acids is 1. The zero-order valence-electron chi connectivity index (χ0n) is 15.9. The molecule has 3 aromatic rings. The molecule has 1 amide bonds. The Balaban J connectivity index is 1.51. The summed E-state index contributed by atoms with van der Waals surface area (Å²) >= 11 is 0. The van der Waals surface area contributed by atoms with Crippen molar-refractivity contribution < 1.29 is 9.53 Å². The Morgan fingerprint density at radius 2 is 1.70 bits per heavy atom. The van der Waals surface area contributed by atoms with Crippen molar-refractivity contribution in [1.29, 1.82) is 0 Å². The molecule has 0 aromatic heterocycles. The zero-order valence-corrected chi connectivity index (χ0v) is 15.9. The van der Waals surface area contributed by atoms with Crippen molar-refractivity contribution in [3.8, 4) is 5.75 Å². The van der Waals surface area contributed by atoms with Crippen molar-refractivity contribution in [3.05, 3.63) is 77.9 Å². The Kier molecular flexibility index (Phi) is 5.55. The van der Waals surface area contributed by atoms with E-state index < -0.39 is 0 Å². The maximum atomic E-state index is 11.9. The number of hydrazone groups is 1. The second-order valence-electron chi connectivity index (χ2n) is 7.46. The Morgan fingerprint density at radius 1 is 1.00 bits per heavy atom. The number of hydrogen-bond donors (Lipinski definition) is 1. The number of carbonyl (C=O) groups is 1. The van der Waals surface area contributed by atoms with Crippen LogP contribution in [0.25, 0.3) is 10.8 Å². The molecule has 3 aromatic carbocycles. The lowest BCUT2D eigenvalue weighted by atomic mass is 9.87. The van der Waals surface area contributed by atoms with Gasteiger partial charge >= 0.3 is 0 Å². The first kappa shape index (κ1) is 18.6. The highest BCUT2D eigenvalue weighted by Gasteiger charge is 2.13. The lowest BCUT2D eigenvalue weighted by Crippen LogP contribution is -2.24. The fraction of sp³-hybridized carbons (Fsp3) is 0.217. The van der Waals surface area contributed by atoms with E-state index >= 15 is 0 Å². The fourth-order valence-corrected chi connectivity index (χ4v) is 2.70. The van der Waals surface area contributed by atoms with E-state index in [1.807, 2.05) is 60.7 Å². The van der Waals surface area contributed by atoms with Crippen LogP contribution in [-0.4, -0.2) is 18.7 Å². The smallest absolute Gasteiger partial charge is 0.277 e. The maximum absolute atomic E-state index is 11.9. The number of amides is 1. The van der Waals surface area contributed by atoms with Gasteiger partial charge in [0.1, 0.15) is 5.75 Å². The van der Waals surface area contributed by atoms with E-state index in [0.717, 1.165) is 10.9 Å². The SMILES string of the molecule is CC(C)(C)c1ccc(OCC(=O)N/N=C/c2ccc3ccccc3c2)cc1. The number of hydrogen-bond acceptors (Lipinski definition) is 3. The largest absolute Gasteiger partial charge is 0.484 e. The van der Waals surface area contributed by atoms with Crippen molar-refractivity contribution in [1.82, 2.24) is 5.43 Å². The zero-order chi connectivity index (χ0) is 19.3.